The van der Waals surface area contributed by atoms with Crippen molar-refractivity contribution in [2.75, 3.05) is 11.3 Å². The summed E-state index contributed by atoms with van der Waals surface area (Å²) in [6, 6.07) is 0. The van der Waals surface area contributed by atoms with E-state index in [-0.39, 0.29) is 18.0 Å². The first-order chi connectivity index (χ1) is 8.51. The molecule has 0 fully saturated rings. The van der Waals surface area contributed by atoms with Crippen molar-refractivity contribution in [1.82, 2.24) is 14.8 Å². The molecule has 0 aliphatic heterocycles. The molecule has 2 N–H and O–H groups in total. The lowest BCUT2D eigenvalue weighted by molar-refractivity contribution is 0.269. The number of hydrogen-bond donors (Lipinski definition) is 2. The van der Waals surface area contributed by atoms with Crippen molar-refractivity contribution < 1.29 is 13.5 Å². The van der Waals surface area contributed by atoms with E-state index in [0.717, 1.165) is 5.69 Å². The normalized spacial score (nSPS) is 11.7. The molecular weight excluding hydrogens is 276 g/mol. The van der Waals surface area contributed by atoms with E-state index < -0.39 is 10.0 Å². The highest BCUT2D eigenvalue weighted by Gasteiger charge is 2.17. The molecule has 9 heteroatoms. The molecule has 0 bridgehead atoms. The summed E-state index contributed by atoms with van der Waals surface area (Å²) in [7, 11) is -3.66. The van der Waals surface area contributed by atoms with Crippen LogP contribution in [-0.2, 0) is 16.6 Å². The summed E-state index contributed by atoms with van der Waals surface area (Å²) in [6.45, 7) is 1.94. The van der Waals surface area contributed by atoms with Crippen LogP contribution in [0, 0.1) is 6.92 Å². The standard InChI is InChI=1S/C9H12N4O3S2/c1-7-6-17-9(11-7)12-18(15,16)8-4-10-13(5-8)2-3-14/h4-6,14H,2-3H2,1H3,(H,11,12). The summed E-state index contributed by atoms with van der Waals surface area (Å²) < 4.78 is 27.7. The van der Waals surface area contributed by atoms with Gasteiger partial charge in [0.15, 0.2) is 5.13 Å². The third kappa shape index (κ3) is 2.86. The van der Waals surface area contributed by atoms with Gasteiger partial charge in [0.2, 0.25) is 0 Å². The van der Waals surface area contributed by atoms with Gasteiger partial charge in [-0.3, -0.25) is 9.40 Å². The Morgan fingerprint density at radius 2 is 2.33 bits per heavy atom. The summed E-state index contributed by atoms with van der Waals surface area (Å²) in [4.78, 5) is 4.07. The first-order valence-corrected chi connectivity index (χ1v) is 7.46. The van der Waals surface area contributed by atoms with Crippen molar-refractivity contribution in [3.05, 3.63) is 23.5 Å². The van der Waals surface area contributed by atoms with E-state index in [0.29, 0.717) is 5.13 Å². The van der Waals surface area contributed by atoms with Crippen molar-refractivity contribution in [2.45, 2.75) is 18.4 Å². The topological polar surface area (TPSA) is 97.1 Å². The van der Waals surface area contributed by atoms with E-state index >= 15 is 0 Å². The van der Waals surface area contributed by atoms with Crippen molar-refractivity contribution in [3.63, 3.8) is 0 Å². The van der Waals surface area contributed by atoms with Gasteiger partial charge in [0.25, 0.3) is 10.0 Å². The van der Waals surface area contributed by atoms with Crippen molar-refractivity contribution in [1.29, 1.82) is 0 Å². The predicted octanol–water partition coefficient (Wildman–Crippen LogP) is 0.441. The number of aromatic nitrogens is 3. The number of sulfonamides is 1. The maximum absolute atomic E-state index is 12.0. The van der Waals surface area contributed by atoms with E-state index in [1.54, 1.807) is 12.3 Å². The Balaban J connectivity index is 2.19. The molecule has 18 heavy (non-hydrogen) atoms. The molecule has 0 amide bonds. The maximum Gasteiger partial charge on any atom is 0.266 e. The number of aliphatic hydroxyl groups excluding tert-OH is 1. The highest BCUT2D eigenvalue weighted by Crippen LogP contribution is 2.19. The molecule has 2 aromatic rings. The molecule has 0 aliphatic rings. The fourth-order valence-corrected chi connectivity index (χ4v) is 3.18. The van der Waals surface area contributed by atoms with Crippen LogP contribution in [-0.4, -0.2) is 34.9 Å². The Bertz CT molecular complexity index is 632. The van der Waals surface area contributed by atoms with E-state index in [1.807, 2.05) is 0 Å². The predicted molar refractivity (Wildman–Crippen MR) is 67.0 cm³/mol. The minimum Gasteiger partial charge on any atom is -0.394 e. The van der Waals surface area contributed by atoms with E-state index in [2.05, 4.69) is 14.8 Å². The third-order valence-electron chi connectivity index (χ3n) is 2.09. The summed E-state index contributed by atoms with van der Waals surface area (Å²) in [5.41, 5.74) is 0.758. The fourth-order valence-electron chi connectivity index (χ4n) is 1.28. The molecule has 2 aromatic heterocycles. The molecule has 0 saturated heterocycles. The van der Waals surface area contributed by atoms with Crippen LogP contribution in [0.4, 0.5) is 5.13 Å². The number of nitrogens with one attached hydrogen (secondary N) is 1. The van der Waals surface area contributed by atoms with Gasteiger partial charge in [-0.1, -0.05) is 0 Å². The van der Waals surface area contributed by atoms with Crippen LogP contribution in [0.5, 0.6) is 0 Å². The molecular formula is C9H12N4O3S2. The second kappa shape index (κ2) is 5.04. The van der Waals surface area contributed by atoms with Gasteiger partial charge in [0, 0.05) is 11.6 Å². The molecule has 0 aromatic carbocycles. The van der Waals surface area contributed by atoms with Gasteiger partial charge < -0.3 is 5.11 Å². The van der Waals surface area contributed by atoms with Crippen LogP contribution in [0.1, 0.15) is 5.69 Å². The lowest BCUT2D eigenvalue weighted by Crippen LogP contribution is -2.12. The highest BCUT2D eigenvalue weighted by molar-refractivity contribution is 7.93. The molecule has 0 saturated carbocycles. The number of aliphatic hydroxyl groups is 1. The van der Waals surface area contributed by atoms with Gasteiger partial charge in [-0.25, -0.2) is 13.4 Å². The van der Waals surface area contributed by atoms with Crippen LogP contribution >= 0.6 is 11.3 Å². The number of anilines is 1. The Morgan fingerprint density at radius 3 is 2.94 bits per heavy atom. The number of aryl methyl sites for hydroxylation is 1. The molecule has 0 unspecified atom stereocenters. The Labute approximate surface area is 108 Å². The summed E-state index contributed by atoms with van der Waals surface area (Å²) in [5, 5.41) is 14.7. The van der Waals surface area contributed by atoms with Gasteiger partial charge >= 0.3 is 0 Å². The van der Waals surface area contributed by atoms with E-state index in [9.17, 15) is 8.42 Å². The maximum atomic E-state index is 12.0. The minimum atomic E-state index is -3.66. The molecule has 0 spiro atoms. The van der Waals surface area contributed by atoms with Crippen LogP contribution < -0.4 is 4.72 Å². The zero-order chi connectivity index (χ0) is 13.2. The first-order valence-electron chi connectivity index (χ1n) is 5.09. The monoisotopic (exact) mass is 288 g/mol. The zero-order valence-electron chi connectivity index (χ0n) is 9.57. The smallest absolute Gasteiger partial charge is 0.266 e. The van der Waals surface area contributed by atoms with Crippen LogP contribution in [0.3, 0.4) is 0 Å². The number of nitrogens with zero attached hydrogens (tertiary/aromatic N) is 3. The van der Waals surface area contributed by atoms with Crippen LogP contribution in [0.25, 0.3) is 0 Å². The van der Waals surface area contributed by atoms with Crippen molar-refractivity contribution in [3.8, 4) is 0 Å². The van der Waals surface area contributed by atoms with E-state index in [4.69, 9.17) is 5.11 Å². The molecule has 0 atom stereocenters. The lowest BCUT2D eigenvalue weighted by Gasteiger charge is -2.01. The quantitative estimate of drug-likeness (QED) is 0.832. The molecule has 0 radical (unpaired) electrons. The molecule has 2 rings (SSSR count). The molecule has 0 aliphatic carbocycles. The Kier molecular flexibility index (Phi) is 3.64. The van der Waals surface area contributed by atoms with Crippen molar-refractivity contribution >= 4 is 26.5 Å². The average molecular weight is 288 g/mol. The molecule has 7 nitrogen and oxygen atoms in total. The second-order valence-electron chi connectivity index (χ2n) is 3.56. The van der Waals surface area contributed by atoms with Crippen LogP contribution in [0.2, 0.25) is 0 Å². The average Bonchev–Trinajstić information content (AvgIpc) is 2.88. The van der Waals surface area contributed by atoms with Gasteiger partial charge in [-0.15, -0.1) is 11.3 Å². The number of hydrogen-bond acceptors (Lipinski definition) is 6. The van der Waals surface area contributed by atoms with Gasteiger partial charge in [0.05, 0.1) is 25.0 Å². The van der Waals surface area contributed by atoms with E-state index in [1.165, 1.54) is 28.4 Å². The fraction of sp³-hybridized carbons (Fsp3) is 0.333. The second-order valence-corrected chi connectivity index (χ2v) is 6.10. The largest absolute Gasteiger partial charge is 0.394 e. The molecule has 2 heterocycles. The van der Waals surface area contributed by atoms with Crippen molar-refractivity contribution in [2.24, 2.45) is 0 Å². The lowest BCUT2D eigenvalue weighted by atomic mass is 10.6. The van der Waals surface area contributed by atoms with Crippen LogP contribution in [0.15, 0.2) is 22.7 Å². The van der Waals surface area contributed by atoms with Gasteiger partial charge in [0.1, 0.15) is 4.90 Å². The molecule has 98 valence electrons. The first kappa shape index (κ1) is 13.0. The summed E-state index contributed by atoms with van der Waals surface area (Å²) in [5.74, 6) is 0. The minimum absolute atomic E-state index is 0.0452. The number of thiazole rings is 1. The summed E-state index contributed by atoms with van der Waals surface area (Å²) >= 11 is 1.22. The zero-order valence-corrected chi connectivity index (χ0v) is 11.2. The number of rotatable bonds is 5. The van der Waals surface area contributed by atoms with Gasteiger partial charge in [-0.05, 0) is 6.92 Å². The highest BCUT2D eigenvalue weighted by atomic mass is 32.2. The Hall–Kier alpha value is -1.45. The Morgan fingerprint density at radius 1 is 1.56 bits per heavy atom. The summed E-state index contributed by atoms with van der Waals surface area (Å²) in [6.07, 6.45) is 2.59. The SMILES string of the molecule is Cc1csc(NS(=O)(=O)c2cnn(CCO)c2)n1. The van der Waals surface area contributed by atoms with Gasteiger partial charge in [-0.2, -0.15) is 5.10 Å². The third-order valence-corrected chi connectivity index (χ3v) is 4.39.